The zero-order chi connectivity index (χ0) is 4.99. The molecule has 0 spiro atoms. The summed E-state index contributed by atoms with van der Waals surface area (Å²) >= 11 is 0. The first kappa shape index (κ1) is 4.80. The van der Waals surface area contributed by atoms with Crippen molar-refractivity contribution in [1.29, 1.82) is 11.1 Å². The van der Waals surface area contributed by atoms with Crippen molar-refractivity contribution in [3.05, 3.63) is 5.53 Å². The SMILES string of the molecule is [N-]=[N+](N=N)N=N. The minimum Gasteiger partial charge on any atom is -0.169 e. The molecular weight excluding hydrogens is 84.0 g/mol. The molecule has 0 saturated heterocycles. The highest BCUT2D eigenvalue weighted by molar-refractivity contribution is 3.70. The Morgan fingerprint density at radius 3 is 1.67 bits per heavy atom. The van der Waals surface area contributed by atoms with Crippen molar-refractivity contribution in [2.45, 2.75) is 0 Å². The molecule has 0 aromatic rings. The highest BCUT2D eigenvalue weighted by atomic mass is 15.7. The Labute approximate surface area is 33.2 Å². The molecular formula is H2N6. The fourth-order valence-corrected chi connectivity index (χ4v) is 0.0224. The van der Waals surface area contributed by atoms with Gasteiger partial charge in [0.2, 0.25) is 0 Å². The van der Waals surface area contributed by atoms with Crippen LogP contribution >= 0.6 is 0 Å². The van der Waals surface area contributed by atoms with Crippen LogP contribution in [0, 0.1) is 11.1 Å². The van der Waals surface area contributed by atoms with Crippen LogP contribution in [0.2, 0.25) is 0 Å². The molecule has 0 aliphatic rings. The van der Waals surface area contributed by atoms with Crippen LogP contribution in [-0.4, -0.2) is 4.92 Å². The Kier molecular flexibility index (Phi) is 1.65. The molecule has 6 heteroatoms. The van der Waals surface area contributed by atoms with Crippen molar-refractivity contribution in [2.75, 3.05) is 0 Å². The molecule has 0 rings (SSSR count). The molecule has 32 valence electrons. The summed E-state index contributed by atoms with van der Waals surface area (Å²) < 4.78 is 0. The van der Waals surface area contributed by atoms with Gasteiger partial charge in [-0.15, -0.1) is 16.0 Å². The molecule has 6 nitrogen and oxygen atoms in total. The quantitative estimate of drug-likeness (QED) is 0.283. The van der Waals surface area contributed by atoms with Crippen LogP contribution in [-0.2, 0) is 0 Å². The van der Waals surface area contributed by atoms with Crippen LogP contribution in [0.25, 0.3) is 5.53 Å². The maximum absolute atomic E-state index is 7.79. The topological polar surface area (TPSA) is 97.7 Å². The largest absolute Gasteiger partial charge is 0.169 e. The van der Waals surface area contributed by atoms with Crippen molar-refractivity contribution in [2.24, 2.45) is 10.4 Å². The van der Waals surface area contributed by atoms with Gasteiger partial charge < -0.3 is 0 Å². The van der Waals surface area contributed by atoms with Gasteiger partial charge in [0.25, 0.3) is 0 Å². The predicted octanol–water partition coefficient (Wildman–Crippen LogP) is 0.912. The molecule has 0 heterocycles. The van der Waals surface area contributed by atoms with Crippen molar-refractivity contribution in [3.8, 4) is 0 Å². The summed E-state index contributed by atoms with van der Waals surface area (Å²) in [5, 5.41) is 4.58. The van der Waals surface area contributed by atoms with E-state index in [-0.39, 0.29) is 4.92 Å². The lowest BCUT2D eigenvalue weighted by molar-refractivity contribution is -0.581. The summed E-state index contributed by atoms with van der Waals surface area (Å²) in [6.45, 7) is 0. The molecule has 0 bridgehead atoms. The van der Waals surface area contributed by atoms with Crippen LogP contribution in [0.5, 0.6) is 0 Å². The minimum absolute atomic E-state index is 0.167. The van der Waals surface area contributed by atoms with E-state index in [2.05, 4.69) is 10.4 Å². The Morgan fingerprint density at radius 1 is 1.33 bits per heavy atom. The first-order chi connectivity index (χ1) is 2.81. The van der Waals surface area contributed by atoms with Crippen LogP contribution in [0.4, 0.5) is 0 Å². The second-order valence-corrected chi connectivity index (χ2v) is 0.468. The summed E-state index contributed by atoms with van der Waals surface area (Å²) in [4.78, 5) is -0.167. The van der Waals surface area contributed by atoms with Gasteiger partial charge in [0.1, 0.15) is 0 Å². The van der Waals surface area contributed by atoms with E-state index < -0.39 is 0 Å². The summed E-state index contributed by atoms with van der Waals surface area (Å²) in [6.07, 6.45) is 0. The van der Waals surface area contributed by atoms with Crippen LogP contribution in [0.15, 0.2) is 10.4 Å². The van der Waals surface area contributed by atoms with E-state index >= 15 is 0 Å². The third-order valence-electron chi connectivity index (χ3n) is 0.179. The van der Waals surface area contributed by atoms with Gasteiger partial charge in [-0.25, -0.2) is 0 Å². The number of hydrogen-bond donors (Lipinski definition) is 2. The molecule has 0 fully saturated rings. The second-order valence-electron chi connectivity index (χ2n) is 0.468. The molecule has 0 aliphatic heterocycles. The van der Waals surface area contributed by atoms with Gasteiger partial charge in [-0.2, -0.15) is 5.53 Å². The maximum atomic E-state index is 7.79. The van der Waals surface area contributed by atoms with Gasteiger partial charge in [0, 0.05) is 0 Å². The summed E-state index contributed by atoms with van der Waals surface area (Å²) in [7, 11) is 0. The molecule has 0 saturated carbocycles. The molecule has 0 atom stereocenters. The zero-order valence-electron chi connectivity index (χ0n) is 2.79. The Bertz CT molecular complexity index is 68.0. The van der Waals surface area contributed by atoms with E-state index in [4.69, 9.17) is 16.6 Å². The predicted molar refractivity (Wildman–Crippen MR) is 13.9 cm³/mol. The second kappa shape index (κ2) is 2.06. The van der Waals surface area contributed by atoms with Gasteiger partial charge in [0.05, 0.1) is 0 Å². The lowest BCUT2D eigenvalue weighted by Gasteiger charge is -1.80. The summed E-state index contributed by atoms with van der Waals surface area (Å²) in [6, 6.07) is 0. The fourth-order valence-electron chi connectivity index (χ4n) is 0.0224. The van der Waals surface area contributed by atoms with E-state index in [1.54, 1.807) is 0 Å². The maximum Gasteiger partial charge on any atom is -0.0578 e. The lowest BCUT2D eigenvalue weighted by Crippen LogP contribution is -1.77. The van der Waals surface area contributed by atoms with E-state index in [9.17, 15) is 0 Å². The van der Waals surface area contributed by atoms with Gasteiger partial charge in [-0.05, 0) is 0 Å². The molecule has 0 radical (unpaired) electrons. The van der Waals surface area contributed by atoms with Gasteiger partial charge in [-0.3, -0.25) is 0 Å². The van der Waals surface area contributed by atoms with E-state index in [1.165, 1.54) is 0 Å². The highest BCUT2D eigenvalue weighted by Crippen LogP contribution is 1.69. The number of hydrogen-bond acceptors (Lipinski definition) is 2. The Hall–Kier alpha value is -1.20. The van der Waals surface area contributed by atoms with Gasteiger partial charge in [0.15, 0.2) is 0 Å². The monoisotopic (exact) mass is 86.0 g/mol. The molecule has 0 unspecified atom stereocenters. The Balaban J connectivity index is 3.52. The summed E-state index contributed by atoms with van der Waals surface area (Å²) in [5.41, 5.74) is 19.6. The fraction of sp³-hybridized carbons (Fsp3) is 0. The molecule has 6 heavy (non-hydrogen) atoms. The van der Waals surface area contributed by atoms with Crippen LogP contribution < -0.4 is 0 Å². The third kappa shape index (κ3) is 1.16. The lowest BCUT2D eigenvalue weighted by atomic mass is 12.3. The molecule has 2 N–H and O–H groups in total. The standard InChI is InChI=1S/H2N6/c1-4-6(3)5-2/h1-2H. The van der Waals surface area contributed by atoms with E-state index in [0.717, 1.165) is 0 Å². The first-order valence-electron chi connectivity index (χ1n) is 1.05. The smallest absolute Gasteiger partial charge is 0.0578 e. The normalized spacial score (nSPS) is 6.67. The molecule has 0 amide bonds. The first-order valence-corrected chi connectivity index (χ1v) is 1.05. The van der Waals surface area contributed by atoms with Crippen molar-refractivity contribution in [3.63, 3.8) is 0 Å². The highest BCUT2D eigenvalue weighted by Gasteiger charge is 1.62. The third-order valence-corrected chi connectivity index (χ3v) is 0.179. The van der Waals surface area contributed by atoms with E-state index in [1.807, 2.05) is 0 Å². The van der Waals surface area contributed by atoms with Gasteiger partial charge in [-0.1, -0.05) is 10.4 Å². The average molecular weight is 86.1 g/mol. The molecule has 0 aromatic heterocycles. The average Bonchev–Trinajstić information content (AvgIpc) is 1.65. The van der Waals surface area contributed by atoms with Crippen molar-refractivity contribution >= 4 is 0 Å². The molecule has 0 aliphatic carbocycles. The van der Waals surface area contributed by atoms with Crippen molar-refractivity contribution < 1.29 is 4.92 Å². The number of nitrogens with one attached hydrogen (secondary N) is 2. The number of nitrogens with zero attached hydrogens (tertiary/aromatic N) is 4. The molecule has 0 aromatic carbocycles. The summed E-state index contributed by atoms with van der Waals surface area (Å²) in [5.74, 6) is 0. The Morgan fingerprint density at radius 2 is 1.67 bits per heavy atom. The van der Waals surface area contributed by atoms with Gasteiger partial charge >= 0.3 is 0 Å². The van der Waals surface area contributed by atoms with Crippen LogP contribution in [0.1, 0.15) is 0 Å². The number of rotatable bonds is 2. The van der Waals surface area contributed by atoms with E-state index in [0.29, 0.717) is 0 Å². The van der Waals surface area contributed by atoms with Crippen molar-refractivity contribution in [1.82, 2.24) is 0 Å². The zero-order valence-corrected chi connectivity index (χ0v) is 2.79. The minimum atomic E-state index is -0.167. The van der Waals surface area contributed by atoms with Crippen LogP contribution in [0.3, 0.4) is 0 Å².